The lowest BCUT2D eigenvalue weighted by Gasteiger charge is -2.23. The Hall–Kier alpha value is -1.55. The van der Waals surface area contributed by atoms with Gasteiger partial charge in [-0.15, -0.1) is 0 Å². The molecule has 0 heterocycles. The summed E-state index contributed by atoms with van der Waals surface area (Å²) in [6, 6.07) is 5.32. The van der Waals surface area contributed by atoms with Crippen molar-refractivity contribution in [1.82, 2.24) is 5.32 Å². The first-order valence-electron chi connectivity index (χ1n) is 6.62. The first-order valence-corrected chi connectivity index (χ1v) is 7.00. The van der Waals surface area contributed by atoms with Gasteiger partial charge >= 0.3 is 0 Å². The Balaban J connectivity index is 2.87. The van der Waals surface area contributed by atoms with Crippen molar-refractivity contribution in [2.75, 3.05) is 18.0 Å². The van der Waals surface area contributed by atoms with Crippen molar-refractivity contribution in [3.63, 3.8) is 0 Å². The van der Waals surface area contributed by atoms with Crippen LogP contribution in [0.2, 0.25) is 5.02 Å². The zero-order valence-electron chi connectivity index (χ0n) is 12.4. The van der Waals surface area contributed by atoms with Crippen LogP contribution in [0.4, 0.5) is 5.69 Å². The minimum absolute atomic E-state index is 0.00321. The lowest BCUT2D eigenvalue weighted by atomic mass is 10.1. The molecular weight excluding hydrogens is 276 g/mol. The van der Waals surface area contributed by atoms with Gasteiger partial charge in [0.15, 0.2) is 0 Å². The molecule has 20 heavy (non-hydrogen) atoms. The van der Waals surface area contributed by atoms with Crippen LogP contribution >= 0.6 is 11.6 Å². The minimum Gasteiger partial charge on any atom is -0.354 e. The van der Waals surface area contributed by atoms with Crippen molar-refractivity contribution < 1.29 is 9.59 Å². The second kappa shape index (κ2) is 7.29. The third kappa shape index (κ3) is 4.53. The lowest BCUT2D eigenvalue weighted by molar-refractivity contribution is -0.123. The predicted molar refractivity (Wildman–Crippen MR) is 82.1 cm³/mol. The van der Waals surface area contributed by atoms with Crippen LogP contribution in [0.3, 0.4) is 0 Å². The summed E-state index contributed by atoms with van der Waals surface area (Å²) in [5.41, 5.74) is 1.46. The standard InChI is InChI=1S/C15H21ClN2O2/c1-10(2)8-17-15(20)9-18(12(4)19)14-7-5-6-13(16)11(14)3/h5-7,10H,8-9H2,1-4H3,(H,17,20). The van der Waals surface area contributed by atoms with Crippen LogP contribution in [0.15, 0.2) is 18.2 Å². The normalized spacial score (nSPS) is 10.5. The molecule has 1 aromatic rings. The van der Waals surface area contributed by atoms with Crippen LogP contribution in [0.25, 0.3) is 0 Å². The van der Waals surface area contributed by atoms with Crippen LogP contribution < -0.4 is 10.2 Å². The number of benzene rings is 1. The Labute approximate surface area is 125 Å². The molecule has 1 rings (SSSR count). The molecule has 4 nitrogen and oxygen atoms in total. The topological polar surface area (TPSA) is 49.4 Å². The van der Waals surface area contributed by atoms with Crippen LogP contribution in [-0.2, 0) is 9.59 Å². The summed E-state index contributed by atoms with van der Waals surface area (Å²) in [7, 11) is 0. The van der Waals surface area contributed by atoms with Crippen molar-refractivity contribution in [2.45, 2.75) is 27.7 Å². The largest absolute Gasteiger partial charge is 0.354 e. The van der Waals surface area contributed by atoms with E-state index in [1.165, 1.54) is 11.8 Å². The Kier molecular flexibility index (Phi) is 6.02. The van der Waals surface area contributed by atoms with Gasteiger partial charge in [0.1, 0.15) is 6.54 Å². The highest BCUT2D eigenvalue weighted by Gasteiger charge is 2.18. The van der Waals surface area contributed by atoms with E-state index in [4.69, 9.17) is 11.6 Å². The molecule has 0 aliphatic rings. The van der Waals surface area contributed by atoms with Crippen molar-refractivity contribution in [1.29, 1.82) is 0 Å². The van der Waals surface area contributed by atoms with Gasteiger partial charge in [-0.3, -0.25) is 9.59 Å². The molecule has 0 bridgehead atoms. The number of anilines is 1. The molecule has 0 unspecified atom stereocenters. The fourth-order valence-electron chi connectivity index (χ4n) is 1.77. The number of nitrogens with one attached hydrogen (secondary N) is 1. The Bertz CT molecular complexity index is 501. The second-order valence-electron chi connectivity index (χ2n) is 5.19. The monoisotopic (exact) mass is 296 g/mol. The lowest BCUT2D eigenvalue weighted by Crippen LogP contribution is -2.41. The second-order valence-corrected chi connectivity index (χ2v) is 5.59. The van der Waals surface area contributed by atoms with E-state index in [0.717, 1.165) is 5.56 Å². The smallest absolute Gasteiger partial charge is 0.240 e. The Morgan fingerprint density at radius 1 is 1.35 bits per heavy atom. The number of carbonyl (C=O) groups excluding carboxylic acids is 2. The molecule has 5 heteroatoms. The van der Waals surface area contributed by atoms with Gasteiger partial charge in [0.05, 0.1) is 0 Å². The number of amides is 2. The van der Waals surface area contributed by atoms with Gasteiger partial charge in [0, 0.05) is 24.2 Å². The third-order valence-electron chi connectivity index (χ3n) is 2.92. The van der Waals surface area contributed by atoms with Gasteiger partial charge in [-0.1, -0.05) is 31.5 Å². The van der Waals surface area contributed by atoms with Gasteiger partial charge in [0.25, 0.3) is 0 Å². The molecule has 0 aromatic heterocycles. The summed E-state index contributed by atoms with van der Waals surface area (Å²) in [6.45, 7) is 7.91. The van der Waals surface area contributed by atoms with Crippen LogP contribution in [0.5, 0.6) is 0 Å². The minimum atomic E-state index is -0.185. The highest BCUT2D eigenvalue weighted by molar-refractivity contribution is 6.31. The number of hydrogen-bond acceptors (Lipinski definition) is 2. The number of rotatable bonds is 5. The fourth-order valence-corrected chi connectivity index (χ4v) is 1.94. The molecule has 0 fully saturated rings. The van der Waals surface area contributed by atoms with E-state index in [0.29, 0.717) is 23.2 Å². The molecule has 1 aromatic carbocycles. The predicted octanol–water partition coefficient (Wildman–Crippen LogP) is 2.77. The number of carbonyl (C=O) groups is 2. The van der Waals surface area contributed by atoms with Crippen molar-refractivity contribution in [2.24, 2.45) is 5.92 Å². The average molecular weight is 297 g/mol. The molecule has 2 amide bonds. The quantitative estimate of drug-likeness (QED) is 0.908. The van der Waals surface area contributed by atoms with E-state index in [2.05, 4.69) is 5.32 Å². The molecule has 1 N–H and O–H groups in total. The molecule has 0 saturated carbocycles. The van der Waals surface area contributed by atoms with Crippen molar-refractivity contribution >= 4 is 29.1 Å². The van der Waals surface area contributed by atoms with E-state index in [-0.39, 0.29) is 18.4 Å². The van der Waals surface area contributed by atoms with Gasteiger partial charge < -0.3 is 10.2 Å². The Morgan fingerprint density at radius 3 is 2.55 bits per heavy atom. The van der Waals surface area contributed by atoms with Gasteiger partial charge in [0.2, 0.25) is 11.8 Å². The summed E-state index contributed by atoms with van der Waals surface area (Å²) in [6.07, 6.45) is 0. The van der Waals surface area contributed by atoms with Crippen LogP contribution in [-0.4, -0.2) is 24.9 Å². The summed E-state index contributed by atoms with van der Waals surface area (Å²) in [5.74, 6) is 0.0148. The molecule has 0 spiro atoms. The summed E-state index contributed by atoms with van der Waals surface area (Å²) < 4.78 is 0. The first kappa shape index (κ1) is 16.5. The molecule has 0 radical (unpaired) electrons. The van der Waals surface area contributed by atoms with Gasteiger partial charge in [-0.05, 0) is 30.5 Å². The summed E-state index contributed by atoms with van der Waals surface area (Å²) >= 11 is 6.06. The van der Waals surface area contributed by atoms with Gasteiger partial charge in [-0.2, -0.15) is 0 Å². The fraction of sp³-hybridized carbons (Fsp3) is 0.467. The molecule has 0 saturated heterocycles. The molecule has 110 valence electrons. The maximum absolute atomic E-state index is 11.9. The zero-order chi connectivity index (χ0) is 15.3. The van der Waals surface area contributed by atoms with Crippen molar-refractivity contribution in [3.8, 4) is 0 Å². The average Bonchev–Trinajstić information content (AvgIpc) is 2.37. The van der Waals surface area contributed by atoms with E-state index >= 15 is 0 Å². The molecular formula is C15H21ClN2O2. The summed E-state index contributed by atoms with van der Waals surface area (Å²) in [5, 5.41) is 3.39. The number of halogens is 1. The first-order chi connectivity index (χ1) is 9.32. The van der Waals surface area contributed by atoms with Crippen LogP contribution in [0, 0.1) is 12.8 Å². The highest BCUT2D eigenvalue weighted by atomic mass is 35.5. The van der Waals surface area contributed by atoms with E-state index in [1.54, 1.807) is 18.2 Å². The maximum Gasteiger partial charge on any atom is 0.240 e. The summed E-state index contributed by atoms with van der Waals surface area (Å²) in [4.78, 5) is 25.1. The highest BCUT2D eigenvalue weighted by Crippen LogP contribution is 2.26. The Morgan fingerprint density at radius 2 is 2.00 bits per heavy atom. The third-order valence-corrected chi connectivity index (χ3v) is 3.33. The van der Waals surface area contributed by atoms with Crippen molar-refractivity contribution in [3.05, 3.63) is 28.8 Å². The van der Waals surface area contributed by atoms with E-state index in [1.807, 2.05) is 20.8 Å². The molecule has 0 aliphatic heterocycles. The maximum atomic E-state index is 11.9. The SMILES string of the molecule is CC(=O)N(CC(=O)NCC(C)C)c1cccc(Cl)c1C. The number of nitrogens with zero attached hydrogens (tertiary/aromatic N) is 1. The van der Waals surface area contributed by atoms with E-state index in [9.17, 15) is 9.59 Å². The number of hydrogen-bond donors (Lipinski definition) is 1. The van der Waals surface area contributed by atoms with Crippen LogP contribution in [0.1, 0.15) is 26.3 Å². The molecule has 0 atom stereocenters. The van der Waals surface area contributed by atoms with Gasteiger partial charge in [-0.25, -0.2) is 0 Å². The zero-order valence-corrected chi connectivity index (χ0v) is 13.1. The molecule has 0 aliphatic carbocycles. The van der Waals surface area contributed by atoms with E-state index < -0.39 is 0 Å².